The van der Waals surface area contributed by atoms with Crippen LogP contribution in [0.3, 0.4) is 0 Å². The first kappa shape index (κ1) is 9.55. The molecule has 0 aliphatic carbocycles. The standard InChI is InChI=1S/C10H15N3O/c1-10(2,14-3)9-12-5-7-4-11-6-8(7)13-9/h5,11H,4,6H2,1-3H3. The van der Waals surface area contributed by atoms with Gasteiger partial charge in [0.25, 0.3) is 0 Å². The van der Waals surface area contributed by atoms with Crippen molar-refractivity contribution in [3.63, 3.8) is 0 Å². The van der Waals surface area contributed by atoms with Crippen LogP contribution in [-0.4, -0.2) is 17.1 Å². The van der Waals surface area contributed by atoms with Gasteiger partial charge < -0.3 is 10.1 Å². The van der Waals surface area contributed by atoms with Gasteiger partial charge in [0, 0.05) is 32.0 Å². The van der Waals surface area contributed by atoms with Gasteiger partial charge in [-0.2, -0.15) is 0 Å². The summed E-state index contributed by atoms with van der Waals surface area (Å²) in [4.78, 5) is 8.81. The number of ether oxygens (including phenoxy) is 1. The Kier molecular flexibility index (Phi) is 2.25. The predicted molar refractivity (Wildman–Crippen MR) is 52.6 cm³/mol. The first-order valence-electron chi connectivity index (χ1n) is 4.74. The molecule has 0 unspecified atom stereocenters. The molecule has 1 aliphatic rings. The summed E-state index contributed by atoms with van der Waals surface area (Å²) in [6.45, 7) is 5.65. The van der Waals surface area contributed by atoms with Crippen molar-refractivity contribution in [1.82, 2.24) is 15.3 Å². The zero-order chi connectivity index (χ0) is 10.2. The SMILES string of the molecule is COC(C)(C)c1ncc2c(n1)CNC2. The monoisotopic (exact) mass is 193 g/mol. The molecule has 0 saturated carbocycles. The number of nitrogens with zero attached hydrogens (tertiary/aromatic N) is 2. The third-order valence-electron chi connectivity index (χ3n) is 2.61. The summed E-state index contributed by atoms with van der Waals surface area (Å²) in [5, 5.41) is 3.24. The van der Waals surface area contributed by atoms with Crippen LogP contribution in [0.5, 0.6) is 0 Å². The van der Waals surface area contributed by atoms with E-state index in [0.717, 1.165) is 24.6 Å². The quantitative estimate of drug-likeness (QED) is 0.760. The summed E-state index contributed by atoms with van der Waals surface area (Å²) >= 11 is 0. The van der Waals surface area contributed by atoms with Crippen molar-refractivity contribution in [1.29, 1.82) is 0 Å². The zero-order valence-corrected chi connectivity index (χ0v) is 8.79. The lowest BCUT2D eigenvalue weighted by molar-refractivity contribution is 0.0113. The smallest absolute Gasteiger partial charge is 0.159 e. The molecule has 14 heavy (non-hydrogen) atoms. The van der Waals surface area contributed by atoms with E-state index in [1.165, 1.54) is 5.56 Å². The van der Waals surface area contributed by atoms with Gasteiger partial charge in [-0.1, -0.05) is 0 Å². The molecule has 0 bridgehead atoms. The number of rotatable bonds is 2. The molecule has 1 aliphatic heterocycles. The van der Waals surface area contributed by atoms with Gasteiger partial charge in [0.1, 0.15) is 5.60 Å². The van der Waals surface area contributed by atoms with Gasteiger partial charge in [0.15, 0.2) is 5.82 Å². The Hall–Kier alpha value is -1.00. The number of fused-ring (bicyclic) bond motifs is 1. The van der Waals surface area contributed by atoms with Gasteiger partial charge >= 0.3 is 0 Å². The highest BCUT2D eigenvalue weighted by Gasteiger charge is 2.25. The molecule has 2 heterocycles. The summed E-state index contributed by atoms with van der Waals surface area (Å²) in [5.41, 5.74) is 1.89. The Morgan fingerprint density at radius 3 is 2.93 bits per heavy atom. The van der Waals surface area contributed by atoms with E-state index in [9.17, 15) is 0 Å². The molecule has 0 radical (unpaired) electrons. The predicted octanol–water partition coefficient (Wildman–Crippen LogP) is 0.961. The first-order valence-corrected chi connectivity index (χ1v) is 4.74. The van der Waals surface area contributed by atoms with Crippen molar-refractivity contribution < 1.29 is 4.74 Å². The fourth-order valence-corrected chi connectivity index (χ4v) is 1.44. The maximum atomic E-state index is 5.34. The lowest BCUT2D eigenvalue weighted by Gasteiger charge is -2.21. The van der Waals surface area contributed by atoms with Crippen LogP contribution in [0, 0.1) is 0 Å². The van der Waals surface area contributed by atoms with Crippen LogP contribution in [0.4, 0.5) is 0 Å². The molecule has 2 rings (SSSR count). The van der Waals surface area contributed by atoms with Crippen LogP contribution in [0.25, 0.3) is 0 Å². The summed E-state index contributed by atoms with van der Waals surface area (Å²) in [6.07, 6.45) is 1.89. The van der Waals surface area contributed by atoms with Gasteiger partial charge in [-0.25, -0.2) is 9.97 Å². The average molecular weight is 193 g/mol. The summed E-state index contributed by atoms with van der Waals surface area (Å²) in [6, 6.07) is 0. The molecule has 76 valence electrons. The van der Waals surface area contributed by atoms with E-state index >= 15 is 0 Å². The Bertz CT molecular complexity index is 349. The Labute approximate surface area is 83.7 Å². The second-order valence-corrected chi connectivity index (χ2v) is 3.98. The molecule has 1 N–H and O–H groups in total. The minimum atomic E-state index is -0.405. The van der Waals surface area contributed by atoms with Crippen LogP contribution in [0.1, 0.15) is 30.9 Å². The van der Waals surface area contributed by atoms with Gasteiger partial charge in [-0.3, -0.25) is 0 Å². The van der Waals surface area contributed by atoms with Crippen molar-refractivity contribution in [3.05, 3.63) is 23.3 Å². The molecule has 0 fully saturated rings. The van der Waals surface area contributed by atoms with Crippen LogP contribution in [0.2, 0.25) is 0 Å². The van der Waals surface area contributed by atoms with Gasteiger partial charge in [0.2, 0.25) is 0 Å². The van der Waals surface area contributed by atoms with E-state index in [0.29, 0.717) is 0 Å². The highest BCUT2D eigenvalue weighted by atomic mass is 16.5. The lowest BCUT2D eigenvalue weighted by atomic mass is 10.1. The molecule has 0 saturated heterocycles. The molecular weight excluding hydrogens is 178 g/mol. The summed E-state index contributed by atoms with van der Waals surface area (Å²) in [7, 11) is 1.68. The Morgan fingerprint density at radius 1 is 1.43 bits per heavy atom. The van der Waals surface area contributed by atoms with E-state index in [1.807, 2.05) is 20.0 Å². The Morgan fingerprint density at radius 2 is 2.21 bits per heavy atom. The minimum Gasteiger partial charge on any atom is -0.371 e. The molecule has 0 atom stereocenters. The molecule has 4 heteroatoms. The van der Waals surface area contributed by atoms with Crippen molar-refractivity contribution >= 4 is 0 Å². The van der Waals surface area contributed by atoms with E-state index < -0.39 is 5.60 Å². The van der Waals surface area contributed by atoms with E-state index in [1.54, 1.807) is 7.11 Å². The fourth-order valence-electron chi connectivity index (χ4n) is 1.44. The van der Waals surface area contributed by atoms with Gasteiger partial charge in [0.05, 0.1) is 5.69 Å². The van der Waals surface area contributed by atoms with Crippen molar-refractivity contribution in [2.75, 3.05) is 7.11 Å². The lowest BCUT2D eigenvalue weighted by Crippen LogP contribution is -2.23. The average Bonchev–Trinajstić information content (AvgIpc) is 2.64. The maximum Gasteiger partial charge on any atom is 0.159 e. The van der Waals surface area contributed by atoms with Crippen molar-refractivity contribution in [3.8, 4) is 0 Å². The second-order valence-electron chi connectivity index (χ2n) is 3.98. The molecule has 1 aromatic rings. The molecule has 0 aromatic carbocycles. The first-order chi connectivity index (χ1) is 6.63. The normalized spacial score (nSPS) is 15.6. The number of aromatic nitrogens is 2. The zero-order valence-electron chi connectivity index (χ0n) is 8.79. The topological polar surface area (TPSA) is 47.0 Å². The highest BCUT2D eigenvalue weighted by Crippen LogP contribution is 2.21. The van der Waals surface area contributed by atoms with E-state index in [2.05, 4.69) is 15.3 Å². The summed E-state index contributed by atoms with van der Waals surface area (Å²) in [5.74, 6) is 0.752. The van der Waals surface area contributed by atoms with E-state index in [-0.39, 0.29) is 0 Å². The molecular formula is C10H15N3O. The van der Waals surface area contributed by atoms with Crippen molar-refractivity contribution in [2.45, 2.75) is 32.5 Å². The highest BCUT2D eigenvalue weighted by molar-refractivity contribution is 5.22. The van der Waals surface area contributed by atoms with Crippen molar-refractivity contribution in [2.24, 2.45) is 0 Å². The van der Waals surface area contributed by atoms with Crippen LogP contribution >= 0.6 is 0 Å². The minimum absolute atomic E-state index is 0.405. The third kappa shape index (κ3) is 1.51. The van der Waals surface area contributed by atoms with Gasteiger partial charge in [-0.15, -0.1) is 0 Å². The number of hydrogen-bond donors (Lipinski definition) is 1. The van der Waals surface area contributed by atoms with Crippen LogP contribution < -0.4 is 5.32 Å². The Balaban J connectivity index is 2.38. The largest absolute Gasteiger partial charge is 0.371 e. The van der Waals surface area contributed by atoms with Crippen LogP contribution in [0.15, 0.2) is 6.20 Å². The van der Waals surface area contributed by atoms with Crippen LogP contribution in [-0.2, 0) is 23.4 Å². The number of nitrogens with one attached hydrogen (secondary N) is 1. The second kappa shape index (κ2) is 3.29. The maximum absolute atomic E-state index is 5.34. The number of methoxy groups -OCH3 is 1. The fraction of sp³-hybridized carbons (Fsp3) is 0.600. The van der Waals surface area contributed by atoms with E-state index in [4.69, 9.17) is 4.74 Å². The summed E-state index contributed by atoms with van der Waals surface area (Å²) < 4.78 is 5.34. The van der Waals surface area contributed by atoms with Gasteiger partial charge in [-0.05, 0) is 13.8 Å². The molecule has 0 amide bonds. The third-order valence-corrected chi connectivity index (χ3v) is 2.61. The molecule has 4 nitrogen and oxygen atoms in total. The molecule has 0 spiro atoms. The molecule has 1 aromatic heterocycles. The number of hydrogen-bond acceptors (Lipinski definition) is 4.